The van der Waals surface area contributed by atoms with Gasteiger partial charge in [0.05, 0.1) is 11.5 Å². The normalized spacial score (nSPS) is 19.8. The van der Waals surface area contributed by atoms with Crippen LogP contribution in [0.3, 0.4) is 0 Å². The Morgan fingerprint density at radius 2 is 1.87 bits per heavy atom. The Bertz CT molecular complexity index is 612. The number of halogens is 5. The largest absolute Gasteiger partial charge is 0.413 e. The molecule has 0 aliphatic carbocycles. The van der Waals surface area contributed by atoms with E-state index in [1.54, 1.807) is 5.32 Å². The third-order valence-corrected chi connectivity index (χ3v) is 3.61. The van der Waals surface area contributed by atoms with Crippen molar-refractivity contribution >= 4 is 11.8 Å². The van der Waals surface area contributed by atoms with Crippen LogP contribution in [0.5, 0.6) is 0 Å². The molecular weight excluding hydrogens is 323 g/mol. The lowest BCUT2D eigenvalue weighted by Crippen LogP contribution is -2.42. The summed E-state index contributed by atoms with van der Waals surface area (Å²) in [6, 6.07) is -0.544. The van der Waals surface area contributed by atoms with E-state index < -0.39 is 41.2 Å². The first-order chi connectivity index (χ1) is 10.6. The summed E-state index contributed by atoms with van der Waals surface area (Å²) in [6.07, 6.45) is -5.33. The number of nitrogens with one attached hydrogen (secondary N) is 1. The highest BCUT2D eigenvalue weighted by molar-refractivity contribution is 5.89. The molecule has 0 saturated carbocycles. The Morgan fingerprint density at radius 1 is 1.30 bits per heavy atom. The Labute approximate surface area is 128 Å². The van der Waals surface area contributed by atoms with Crippen LogP contribution in [0.2, 0.25) is 0 Å². The van der Waals surface area contributed by atoms with Gasteiger partial charge in [-0.15, -0.1) is 0 Å². The van der Waals surface area contributed by atoms with Crippen molar-refractivity contribution in [3.8, 4) is 0 Å². The average Bonchev–Trinajstić information content (AvgIpc) is 2.76. The number of alkyl halides is 3. The van der Waals surface area contributed by atoms with Gasteiger partial charge >= 0.3 is 6.18 Å². The monoisotopic (exact) mass is 336 g/mol. The summed E-state index contributed by atoms with van der Waals surface area (Å²) in [4.78, 5) is 24.5. The van der Waals surface area contributed by atoms with E-state index in [1.807, 2.05) is 0 Å². The number of hydrogen-bond donors (Lipinski definition) is 1. The van der Waals surface area contributed by atoms with Crippen LogP contribution in [0, 0.1) is 17.6 Å². The van der Waals surface area contributed by atoms with E-state index in [0.29, 0.717) is 12.1 Å². The maximum absolute atomic E-state index is 13.6. The zero-order valence-electron chi connectivity index (χ0n) is 12.0. The summed E-state index contributed by atoms with van der Waals surface area (Å²) in [6.45, 7) is -0.0466. The van der Waals surface area contributed by atoms with Gasteiger partial charge in [0.25, 0.3) is 0 Å². The van der Waals surface area contributed by atoms with Crippen molar-refractivity contribution < 1.29 is 31.5 Å². The van der Waals surface area contributed by atoms with Crippen LogP contribution in [-0.4, -0.2) is 36.5 Å². The number of hydrogen-bond acceptors (Lipinski definition) is 2. The Kier molecular flexibility index (Phi) is 4.58. The van der Waals surface area contributed by atoms with E-state index in [2.05, 4.69) is 0 Å². The summed E-state index contributed by atoms with van der Waals surface area (Å²) in [7, 11) is 1.41. The number of benzene rings is 1. The van der Waals surface area contributed by atoms with Crippen LogP contribution in [0.15, 0.2) is 18.2 Å². The van der Waals surface area contributed by atoms with Gasteiger partial charge in [0.2, 0.25) is 11.8 Å². The van der Waals surface area contributed by atoms with Gasteiger partial charge in [-0.2, -0.15) is 13.2 Å². The number of carbonyl (C=O) groups is 2. The molecule has 0 unspecified atom stereocenters. The van der Waals surface area contributed by atoms with Gasteiger partial charge in [0, 0.05) is 20.0 Å². The Morgan fingerprint density at radius 3 is 2.30 bits per heavy atom. The summed E-state index contributed by atoms with van der Waals surface area (Å²) < 4.78 is 66.7. The molecule has 0 radical (unpaired) electrons. The van der Waals surface area contributed by atoms with E-state index in [0.717, 1.165) is 6.07 Å². The number of carbonyl (C=O) groups excluding carboxylic acids is 2. The fourth-order valence-corrected chi connectivity index (χ4v) is 2.40. The van der Waals surface area contributed by atoms with E-state index in [-0.39, 0.29) is 18.9 Å². The molecule has 0 aromatic heterocycles. The van der Waals surface area contributed by atoms with Crippen molar-refractivity contribution in [2.45, 2.75) is 18.6 Å². The van der Waals surface area contributed by atoms with Gasteiger partial charge in [-0.25, -0.2) is 8.78 Å². The van der Waals surface area contributed by atoms with Gasteiger partial charge in [-0.3, -0.25) is 9.59 Å². The average molecular weight is 336 g/mol. The Balaban J connectivity index is 2.28. The molecule has 1 heterocycles. The minimum absolute atomic E-state index is 0.0466. The molecule has 4 nitrogen and oxygen atoms in total. The molecule has 1 aliphatic heterocycles. The SMILES string of the molecule is CN1C[C@H](C(=O)N[C@@H](c2c(F)cccc2F)C(F)(F)F)CC1=O. The van der Waals surface area contributed by atoms with Gasteiger partial charge in [0.15, 0.2) is 6.04 Å². The first-order valence-electron chi connectivity index (χ1n) is 6.66. The summed E-state index contributed by atoms with van der Waals surface area (Å²) in [5.41, 5.74) is -1.27. The fourth-order valence-electron chi connectivity index (χ4n) is 2.40. The fraction of sp³-hybridized carbons (Fsp3) is 0.429. The molecule has 1 aromatic carbocycles. The molecule has 1 saturated heterocycles. The van der Waals surface area contributed by atoms with Crippen molar-refractivity contribution in [2.75, 3.05) is 13.6 Å². The number of nitrogens with zero attached hydrogens (tertiary/aromatic N) is 1. The van der Waals surface area contributed by atoms with Crippen molar-refractivity contribution in [1.82, 2.24) is 10.2 Å². The number of amides is 2. The lowest BCUT2D eigenvalue weighted by Gasteiger charge is -2.24. The second-order valence-electron chi connectivity index (χ2n) is 5.29. The van der Waals surface area contributed by atoms with Crippen LogP contribution in [-0.2, 0) is 9.59 Å². The lowest BCUT2D eigenvalue weighted by atomic mass is 10.0. The van der Waals surface area contributed by atoms with Gasteiger partial charge < -0.3 is 10.2 Å². The minimum atomic E-state index is -5.09. The molecule has 1 fully saturated rings. The first-order valence-corrected chi connectivity index (χ1v) is 6.66. The summed E-state index contributed by atoms with van der Waals surface area (Å²) >= 11 is 0. The zero-order chi connectivity index (χ0) is 17.4. The third-order valence-electron chi connectivity index (χ3n) is 3.61. The molecular formula is C14H13F5N2O2. The molecule has 1 aromatic rings. The number of likely N-dealkylation sites (tertiary alicyclic amines) is 1. The Hall–Kier alpha value is -2.19. The predicted octanol–water partition coefficient (Wildman–Crippen LogP) is 2.16. The quantitative estimate of drug-likeness (QED) is 0.860. The zero-order valence-corrected chi connectivity index (χ0v) is 12.0. The molecule has 126 valence electrons. The highest BCUT2D eigenvalue weighted by Crippen LogP contribution is 2.36. The minimum Gasteiger partial charge on any atom is -0.345 e. The standard InChI is InChI=1S/C14H13F5N2O2/c1-21-6-7(5-10(21)22)13(23)20-12(14(17,18)19)11-8(15)3-2-4-9(11)16/h2-4,7,12H,5-6H2,1H3,(H,20,23)/t7-,12+/m1/s1. The second kappa shape index (κ2) is 6.13. The maximum atomic E-state index is 13.6. The smallest absolute Gasteiger partial charge is 0.345 e. The van der Waals surface area contributed by atoms with E-state index >= 15 is 0 Å². The first kappa shape index (κ1) is 17.2. The molecule has 1 aliphatic rings. The van der Waals surface area contributed by atoms with Crippen LogP contribution in [0.25, 0.3) is 0 Å². The lowest BCUT2D eigenvalue weighted by molar-refractivity contribution is -0.165. The van der Waals surface area contributed by atoms with Gasteiger partial charge in [-0.05, 0) is 12.1 Å². The molecule has 1 N–H and O–H groups in total. The van der Waals surface area contributed by atoms with Crippen LogP contribution < -0.4 is 5.32 Å². The number of rotatable bonds is 3. The van der Waals surface area contributed by atoms with Crippen LogP contribution >= 0.6 is 0 Å². The van der Waals surface area contributed by atoms with Gasteiger partial charge in [0.1, 0.15) is 11.6 Å². The van der Waals surface area contributed by atoms with E-state index in [1.165, 1.54) is 11.9 Å². The second-order valence-corrected chi connectivity index (χ2v) is 5.29. The van der Waals surface area contributed by atoms with Crippen molar-refractivity contribution in [1.29, 1.82) is 0 Å². The molecule has 2 amide bonds. The van der Waals surface area contributed by atoms with Crippen molar-refractivity contribution in [2.24, 2.45) is 5.92 Å². The van der Waals surface area contributed by atoms with Gasteiger partial charge in [-0.1, -0.05) is 6.07 Å². The molecule has 2 rings (SSSR count). The molecule has 9 heteroatoms. The topological polar surface area (TPSA) is 49.4 Å². The highest BCUT2D eigenvalue weighted by Gasteiger charge is 2.46. The summed E-state index contributed by atoms with van der Waals surface area (Å²) in [5, 5.41) is 1.62. The van der Waals surface area contributed by atoms with Crippen LogP contribution in [0.1, 0.15) is 18.0 Å². The highest BCUT2D eigenvalue weighted by atomic mass is 19.4. The van der Waals surface area contributed by atoms with Crippen molar-refractivity contribution in [3.63, 3.8) is 0 Å². The molecule has 0 bridgehead atoms. The molecule has 23 heavy (non-hydrogen) atoms. The molecule has 0 spiro atoms. The third kappa shape index (κ3) is 3.59. The van der Waals surface area contributed by atoms with Crippen LogP contribution in [0.4, 0.5) is 22.0 Å². The maximum Gasteiger partial charge on any atom is 0.413 e. The van der Waals surface area contributed by atoms with E-state index in [9.17, 15) is 31.5 Å². The summed E-state index contributed by atoms with van der Waals surface area (Å²) in [5.74, 6) is -5.27. The van der Waals surface area contributed by atoms with E-state index in [4.69, 9.17) is 0 Å². The van der Waals surface area contributed by atoms with Crippen molar-refractivity contribution in [3.05, 3.63) is 35.4 Å². The predicted molar refractivity (Wildman–Crippen MR) is 69.0 cm³/mol. The molecule has 2 atom stereocenters.